The van der Waals surface area contributed by atoms with E-state index in [1.54, 1.807) is 0 Å². The van der Waals surface area contributed by atoms with Crippen LogP contribution < -0.4 is 0 Å². The van der Waals surface area contributed by atoms with Gasteiger partial charge in [0, 0.05) is 10.7 Å². The summed E-state index contributed by atoms with van der Waals surface area (Å²) in [5.41, 5.74) is -2.02. The number of nitrogens with one attached hydrogen (secondary N) is 1. The predicted molar refractivity (Wildman–Crippen MR) is 46.2 cm³/mol. The minimum atomic E-state index is -4.70. The van der Waals surface area contributed by atoms with Crippen molar-refractivity contribution in [3.05, 3.63) is 28.8 Å². The Kier molecular flexibility index (Phi) is 3.63. The normalized spacial score (nSPS) is 15.1. The van der Waals surface area contributed by atoms with E-state index in [0.717, 1.165) is 0 Å². The van der Waals surface area contributed by atoms with Crippen LogP contribution in [0.5, 0.6) is 0 Å². The number of benzene rings is 1. The third-order valence-corrected chi connectivity index (χ3v) is 3.13. The SMILES string of the molecule is N=S(=O)(Cl)c1c(F)c(F)c(F)c(F)c1C(F)F. The van der Waals surface area contributed by atoms with Crippen molar-refractivity contribution in [3.63, 3.8) is 0 Å². The van der Waals surface area contributed by atoms with Crippen molar-refractivity contribution in [1.29, 1.82) is 4.78 Å². The average Bonchev–Trinajstić information content (AvgIpc) is 2.17. The molecule has 1 rings (SSSR count). The molecule has 0 radical (unpaired) electrons. The molecule has 0 aliphatic carbocycles. The molecule has 0 aliphatic heterocycles. The summed E-state index contributed by atoms with van der Waals surface area (Å²) >= 11 is 0. The summed E-state index contributed by atoms with van der Waals surface area (Å²) in [6, 6.07) is 0. The second kappa shape index (κ2) is 4.37. The molecule has 10 heteroatoms. The van der Waals surface area contributed by atoms with Gasteiger partial charge in [-0.15, -0.1) is 0 Å². The zero-order valence-corrected chi connectivity index (χ0v) is 9.11. The first-order valence-corrected chi connectivity index (χ1v) is 6.09. The third kappa shape index (κ3) is 2.34. The molecular weight excluding hydrogens is 296 g/mol. The molecule has 0 aliphatic rings. The van der Waals surface area contributed by atoms with Crippen LogP contribution in [-0.2, 0) is 8.94 Å². The fourth-order valence-electron chi connectivity index (χ4n) is 1.08. The molecule has 1 atom stereocenters. The molecular formula is C7H2ClF6NOS. The number of halogens is 7. The Labute approximate surface area is 95.7 Å². The number of hydrogen-bond donors (Lipinski definition) is 1. The van der Waals surface area contributed by atoms with E-state index in [9.17, 15) is 30.6 Å². The fourth-order valence-corrected chi connectivity index (χ4v) is 2.31. The number of hydrogen-bond acceptors (Lipinski definition) is 2. The van der Waals surface area contributed by atoms with Crippen LogP contribution >= 0.6 is 10.7 Å². The quantitative estimate of drug-likeness (QED) is 0.384. The number of rotatable bonds is 2. The molecule has 0 spiro atoms. The van der Waals surface area contributed by atoms with Crippen molar-refractivity contribution in [1.82, 2.24) is 0 Å². The lowest BCUT2D eigenvalue weighted by atomic mass is 10.2. The number of alkyl halides is 2. The lowest BCUT2D eigenvalue weighted by Crippen LogP contribution is -2.10. The Balaban J connectivity index is 3.93. The van der Waals surface area contributed by atoms with Gasteiger partial charge < -0.3 is 0 Å². The molecule has 1 aromatic rings. The second-order valence-electron chi connectivity index (χ2n) is 2.79. The largest absolute Gasteiger partial charge is 0.268 e. The molecule has 96 valence electrons. The Morgan fingerprint density at radius 2 is 1.41 bits per heavy atom. The highest BCUT2D eigenvalue weighted by atomic mass is 35.7. The standard InChI is InChI=1S/C7H2ClF6NOS/c8-17(15,16)6-1(7(13)14)2(9)3(10)4(11)5(6)12/h7,15H. The van der Waals surface area contributed by atoms with Crippen molar-refractivity contribution >= 4 is 19.6 Å². The van der Waals surface area contributed by atoms with E-state index in [-0.39, 0.29) is 0 Å². The molecule has 0 aromatic heterocycles. The highest BCUT2D eigenvalue weighted by Gasteiger charge is 2.34. The lowest BCUT2D eigenvalue weighted by Gasteiger charge is -2.11. The minimum Gasteiger partial charge on any atom is -0.236 e. The van der Waals surface area contributed by atoms with Crippen LogP contribution in [0.2, 0.25) is 0 Å². The summed E-state index contributed by atoms with van der Waals surface area (Å²) in [4.78, 5) is -1.88. The Morgan fingerprint density at radius 1 is 1.00 bits per heavy atom. The van der Waals surface area contributed by atoms with E-state index < -0.39 is 49.1 Å². The van der Waals surface area contributed by atoms with Crippen LogP contribution in [-0.4, -0.2) is 4.21 Å². The lowest BCUT2D eigenvalue weighted by molar-refractivity contribution is 0.139. The Morgan fingerprint density at radius 3 is 1.76 bits per heavy atom. The van der Waals surface area contributed by atoms with Gasteiger partial charge in [0.25, 0.3) is 6.43 Å². The molecule has 17 heavy (non-hydrogen) atoms. The molecule has 1 unspecified atom stereocenters. The van der Waals surface area contributed by atoms with E-state index in [1.165, 1.54) is 0 Å². The van der Waals surface area contributed by atoms with Crippen LogP contribution in [0.25, 0.3) is 0 Å². The van der Waals surface area contributed by atoms with Crippen molar-refractivity contribution < 1.29 is 30.6 Å². The fraction of sp³-hybridized carbons (Fsp3) is 0.143. The van der Waals surface area contributed by atoms with E-state index in [1.807, 2.05) is 0 Å². The topological polar surface area (TPSA) is 40.9 Å². The molecule has 0 amide bonds. The highest BCUT2D eigenvalue weighted by molar-refractivity contribution is 8.14. The zero-order chi connectivity index (χ0) is 13.5. The van der Waals surface area contributed by atoms with E-state index in [4.69, 9.17) is 15.5 Å². The summed E-state index contributed by atoms with van der Waals surface area (Å²) < 4.78 is 93.7. The van der Waals surface area contributed by atoms with Gasteiger partial charge in [0.2, 0.25) is 0 Å². The summed E-state index contributed by atoms with van der Waals surface area (Å²) in [7, 11) is 0.0743. The van der Waals surface area contributed by atoms with Crippen molar-refractivity contribution in [3.8, 4) is 0 Å². The summed E-state index contributed by atoms with van der Waals surface area (Å²) in [6.07, 6.45) is -3.81. The molecule has 0 saturated heterocycles. The highest BCUT2D eigenvalue weighted by Crippen LogP contribution is 2.36. The maximum Gasteiger partial charge on any atom is 0.268 e. The van der Waals surface area contributed by atoms with E-state index in [2.05, 4.69) is 0 Å². The second-order valence-corrected chi connectivity index (χ2v) is 5.47. The Hall–Kier alpha value is -0.960. The van der Waals surface area contributed by atoms with E-state index >= 15 is 0 Å². The molecule has 0 heterocycles. The van der Waals surface area contributed by atoms with Crippen molar-refractivity contribution in [2.75, 3.05) is 0 Å². The smallest absolute Gasteiger partial charge is 0.236 e. The first-order chi connectivity index (χ1) is 7.59. The Bertz CT molecular complexity index is 572. The van der Waals surface area contributed by atoms with Crippen LogP contribution in [0, 0.1) is 28.0 Å². The van der Waals surface area contributed by atoms with Crippen LogP contribution in [0.3, 0.4) is 0 Å². The maximum absolute atomic E-state index is 13.1. The summed E-state index contributed by atoms with van der Waals surface area (Å²) in [5, 5.41) is 0. The van der Waals surface area contributed by atoms with Gasteiger partial charge in [-0.25, -0.2) is 35.3 Å². The molecule has 1 aromatic carbocycles. The van der Waals surface area contributed by atoms with Gasteiger partial charge in [-0.05, 0) is 0 Å². The molecule has 0 bridgehead atoms. The van der Waals surface area contributed by atoms with E-state index in [0.29, 0.717) is 0 Å². The van der Waals surface area contributed by atoms with Gasteiger partial charge in [-0.3, -0.25) is 0 Å². The average molecular weight is 298 g/mol. The van der Waals surface area contributed by atoms with Crippen molar-refractivity contribution in [2.24, 2.45) is 0 Å². The van der Waals surface area contributed by atoms with Gasteiger partial charge in [0.05, 0.1) is 5.56 Å². The minimum absolute atomic E-state index is 1.88. The zero-order valence-electron chi connectivity index (χ0n) is 7.54. The first-order valence-electron chi connectivity index (χ1n) is 3.71. The van der Waals surface area contributed by atoms with Gasteiger partial charge in [0.1, 0.15) is 4.90 Å². The van der Waals surface area contributed by atoms with Gasteiger partial charge >= 0.3 is 0 Å². The monoisotopic (exact) mass is 297 g/mol. The molecule has 0 fully saturated rings. The van der Waals surface area contributed by atoms with Gasteiger partial charge in [0.15, 0.2) is 32.2 Å². The molecule has 1 N–H and O–H groups in total. The van der Waals surface area contributed by atoms with Gasteiger partial charge in [-0.2, -0.15) is 0 Å². The van der Waals surface area contributed by atoms with Crippen LogP contribution in [0.1, 0.15) is 12.0 Å². The summed E-state index contributed by atoms with van der Waals surface area (Å²) in [5.74, 6) is -9.73. The van der Waals surface area contributed by atoms with Crippen LogP contribution in [0.15, 0.2) is 4.90 Å². The summed E-state index contributed by atoms with van der Waals surface area (Å²) in [6.45, 7) is 0. The molecule has 0 saturated carbocycles. The van der Waals surface area contributed by atoms with Crippen LogP contribution in [0.4, 0.5) is 26.3 Å². The first kappa shape index (κ1) is 14.1. The van der Waals surface area contributed by atoms with Gasteiger partial charge in [-0.1, -0.05) is 0 Å². The predicted octanol–water partition coefficient (Wildman–Crippen LogP) is 3.74. The van der Waals surface area contributed by atoms with Crippen molar-refractivity contribution in [2.45, 2.75) is 11.3 Å². The maximum atomic E-state index is 13.1. The molecule has 2 nitrogen and oxygen atoms in total. The third-order valence-electron chi connectivity index (χ3n) is 1.74.